The Labute approximate surface area is 111 Å². The maximum atomic E-state index is 10.9. The maximum absolute atomic E-state index is 10.9. The van der Waals surface area contributed by atoms with Crippen molar-refractivity contribution in [2.45, 2.75) is 32.2 Å². The van der Waals surface area contributed by atoms with Gasteiger partial charge in [0.1, 0.15) is 6.04 Å². The van der Waals surface area contributed by atoms with E-state index >= 15 is 0 Å². The molecule has 0 aliphatic carbocycles. The van der Waals surface area contributed by atoms with Crippen LogP contribution in [0.4, 0.5) is 5.69 Å². The molecule has 0 aliphatic rings. The second kappa shape index (κ2) is 7.48. The van der Waals surface area contributed by atoms with Gasteiger partial charge in [0.2, 0.25) is 0 Å². The largest absolute Gasteiger partial charge is 0.480 e. The zero-order chi connectivity index (χ0) is 14.3. The molecule has 0 saturated carbocycles. The topological polar surface area (TPSA) is 92.5 Å². The molecule has 1 aromatic carbocycles. The standard InChI is InChI=1S/C13H18N2O4/c1-2-5-11(13(16)17)14-9-8-10-6-3-4-7-12(10)15(18)19/h3-4,6-7,11,14H,2,5,8-9H2,1H3,(H,16,17). The second-order valence-electron chi connectivity index (χ2n) is 4.27. The molecule has 1 atom stereocenters. The molecule has 0 fully saturated rings. The molecule has 1 rings (SSSR count). The Balaban J connectivity index is 2.57. The van der Waals surface area contributed by atoms with Gasteiger partial charge in [0.15, 0.2) is 0 Å². The van der Waals surface area contributed by atoms with E-state index in [1.807, 2.05) is 6.92 Å². The van der Waals surface area contributed by atoms with E-state index in [1.54, 1.807) is 18.2 Å². The first-order chi connectivity index (χ1) is 9.06. The number of aliphatic carboxylic acids is 1. The molecule has 0 aliphatic heterocycles. The number of rotatable bonds is 8. The van der Waals surface area contributed by atoms with Crippen LogP contribution < -0.4 is 5.32 Å². The van der Waals surface area contributed by atoms with Gasteiger partial charge in [-0.15, -0.1) is 0 Å². The Hall–Kier alpha value is -1.95. The van der Waals surface area contributed by atoms with Gasteiger partial charge in [0.05, 0.1) is 4.92 Å². The fraction of sp³-hybridized carbons (Fsp3) is 0.462. The molecule has 0 heterocycles. The molecule has 2 N–H and O–H groups in total. The van der Waals surface area contributed by atoms with Gasteiger partial charge in [-0.05, 0) is 12.8 Å². The minimum Gasteiger partial charge on any atom is -0.480 e. The van der Waals surface area contributed by atoms with Gasteiger partial charge in [-0.1, -0.05) is 31.5 Å². The molecular weight excluding hydrogens is 248 g/mol. The summed E-state index contributed by atoms with van der Waals surface area (Å²) in [6.45, 7) is 2.32. The number of nitro groups is 1. The van der Waals surface area contributed by atoms with E-state index in [9.17, 15) is 14.9 Å². The minimum atomic E-state index is -0.885. The molecule has 0 aromatic heterocycles. The van der Waals surface area contributed by atoms with E-state index in [0.29, 0.717) is 24.9 Å². The van der Waals surface area contributed by atoms with Crippen LogP contribution >= 0.6 is 0 Å². The molecular formula is C13H18N2O4. The Bertz CT molecular complexity index is 448. The van der Waals surface area contributed by atoms with Crippen molar-refractivity contribution in [2.24, 2.45) is 0 Å². The predicted molar refractivity (Wildman–Crippen MR) is 71.1 cm³/mol. The third-order valence-electron chi connectivity index (χ3n) is 2.85. The number of carboxylic acid groups (broad SMARTS) is 1. The Morgan fingerprint density at radius 2 is 2.16 bits per heavy atom. The monoisotopic (exact) mass is 266 g/mol. The normalized spacial score (nSPS) is 12.1. The number of benzene rings is 1. The summed E-state index contributed by atoms with van der Waals surface area (Å²) in [4.78, 5) is 21.3. The molecule has 6 nitrogen and oxygen atoms in total. The number of hydrogen-bond acceptors (Lipinski definition) is 4. The summed E-state index contributed by atoms with van der Waals surface area (Å²) in [7, 11) is 0. The SMILES string of the molecule is CCCC(NCCc1ccccc1[N+](=O)[O-])C(=O)O. The first-order valence-corrected chi connectivity index (χ1v) is 6.24. The average molecular weight is 266 g/mol. The van der Waals surface area contributed by atoms with Crippen LogP contribution in [0.1, 0.15) is 25.3 Å². The summed E-state index contributed by atoms with van der Waals surface area (Å²) in [6.07, 6.45) is 1.76. The number of carboxylic acids is 1. The van der Waals surface area contributed by atoms with Crippen molar-refractivity contribution in [3.8, 4) is 0 Å². The zero-order valence-electron chi connectivity index (χ0n) is 10.8. The number of nitro benzene ring substituents is 1. The summed E-state index contributed by atoms with van der Waals surface area (Å²) in [5.74, 6) is -0.885. The van der Waals surface area contributed by atoms with E-state index < -0.39 is 16.9 Å². The Morgan fingerprint density at radius 1 is 1.47 bits per heavy atom. The lowest BCUT2D eigenvalue weighted by Gasteiger charge is -2.13. The van der Waals surface area contributed by atoms with Crippen molar-refractivity contribution < 1.29 is 14.8 Å². The second-order valence-corrected chi connectivity index (χ2v) is 4.27. The van der Waals surface area contributed by atoms with Crippen LogP contribution in [0, 0.1) is 10.1 Å². The van der Waals surface area contributed by atoms with Gasteiger partial charge < -0.3 is 10.4 Å². The van der Waals surface area contributed by atoms with Crippen LogP contribution in [-0.4, -0.2) is 28.6 Å². The van der Waals surface area contributed by atoms with E-state index in [0.717, 1.165) is 6.42 Å². The smallest absolute Gasteiger partial charge is 0.320 e. The first kappa shape index (κ1) is 15.1. The van der Waals surface area contributed by atoms with Crippen molar-refractivity contribution in [3.63, 3.8) is 0 Å². The highest BCUT2D eigenvalue weighted by Gasteiger charge is 2.16. The molecule has 1 unspecified atom stereocenters. The number of hydrogen-bond donors (Lipinski definition) is 2. The van der Waals surface area contributed by atoms with Crippen molar-refractivity contribution in [1.29, 1.82) is 0 Å². The summed E-state index contributed by atoms with van der Waals surface area (Å²) in [6, 6.07) is 5.91. The number of carbonyl (C=O) groups is 1. The van der Waals surface area contributed by atoms with Gasteiger partial charge in [0, 0.05) is 18.2 Å². The fourth-order valence-corrected chi connectivity index (χ4v) is 1.88. The highest BCUT2D eigenvalue weighted by molar-refractivity contribution is 5.73. The van der Waals surface area contributed by atoms with E-state index in [1.165, 1.54) is 6.07 Å². The predicted octanol–water partition coefficient (Wildman–Crippen LogP) is 1.98. The highest BCUT2D eigenvalue weighted by atomic mass is 16.6. The van der Waals surface area contributed by atoms with Crippen LogP contribution in [-0.2, 0) is 11.2 Å². The fourth-order valence-electron chi connectivity index (χ4n) is 1.88. The molecule has 1 aromatic rings. The van der Waals surface area contributed by atoms with Gasteiger partial charge >= 0.3 is 5.97 Å². The summed E-state index contributed by atoms with van der Waals surface area (Å²) in [5.41, 5.74) is 0.687. The van der Waals surface area contributed by atoms with Crippen molar-refractivity contribution in [1.82, 2.24) is 5.32 Å². The van der Waals surface area contributed by atoms with Gasteiger partial charge in [-0.3, -0.25) is 14.9 Å². The minimum absolute atomic E-state index is 0.0756. The van der Waals surface area contributed by atoms with Crippen molar-refractivity contribution >= 4 is 11.7 Å². The zero-order valence-corrected chi connectivity index (χ0v) is 10.8. The molecule has 0 radical (unpaired) electrons. The first-order valence-electron chi connectivity index (χ1n) is 6.24. The molecule has 0 saturated heterocycles. The third-order valence-corrected chi connectivity index (χ3v) is 2.85. The van der Waals surface area contributed by atoms with Crippen LogP contribution in [0.5, 0.6) is 0 Å². The molecule has 0 amide bonds. The lowest BCUT2D eigenvalue weighted by molar-refractivity contribution is -0.385. The number of para-hydroxylation sites is 1. The van der Waals surface area contributed by atoms with Gasteiger partial charge in [-0.2, -0.15) is 0 Å². The van der Waals surface area contributed by atoms with Gasteiger partial charge in [0.25, 0.3) is 5.69 Å². The summed E-state index contributed by atoms with van der Waals surface area (Å²) < 4.78 is 0. The number of nitrogens with zero attached hydrogens (tertiary/aromatic N) is 1. The van der Waals surface area contributed by atoms with E-state index in [4.69, 9.17) is 5.11 Å². The average Bonchev–Trinajstić information content (AvgIpc) is 2.38. The maximum Gasteiger partial charge on any atom is 0.320 e. The van der Waals surface area contributed by atoms with Gasteiger partial charge in [-0.25, -0.2) is 0 Å². The Morgan fingerprint density at radius 3 is 2.74 bits per heavy atom. The molecule has 6 heteroatoms. The molecule has 0 bridgehead atoms. The highest BCUT2D eigenvalue weighted by Crippen LogP contribution is 2.17. The van der Waals surface area contributed by atoms with Crippen LogP contribution in [0.25, 0.3) is 0 Å². The van der Waals surface area contributed by atoms with E-state index in [2.05, 4.69) is 5.32 Å². The lowest BCUT2D eigenvalue weighted by atomic mass is 10.1. The Kier molecular flexibility index (Phi) is 5.95. The summed E-state index contributed by atoms with van der Waals surface area (Å²) >= 11 is 0. The van der Waals surface area contributed by atoms with Crippen molar-refractivity contribution in [2.75, 3.05) is 6.54 Å². The molecule has 19 heavy (non-hydrogen) atoms. The van der Waals surface area contributed by atoms with Crippen LogP contribution in [0.3, 0.4) is 0 Å². The molecule has 104 valence electrons. The quantitative estimate of drug-likeness (QED) is 0.554. The van der Waals surface area contributed by atoms with Crippen LogP contribution in [0.15, 0.2) is 24.3 Å². The number of nitrogens with one attached hydrogen (secondary N) is 1. The van der Waals surface area contributed by atoms with Crippen LogP contribution in [0.2, 0.25) is 0 Å². The third kappa shape index (κ3) is 4.67. The van der Waals surface area contributed by atoms with E-state index in [-0.39, 0.29) is 5.69 Å². The lowest BCUT2D eigenvalue weighted by Crippen LogP contribution is -2.37. The molecule has 0 spiro atoms. The van der Waals surface area contributed by atoms with Crippen molar-refractivity contribution in [3.05, 3.63) is 39.9 Å². The summed E-state index contributed by atoms with van der Waals surface area (Å²) in [5, 5.41) is 22.7.